The molecule has 1 atom stereocenters. The normalized spacial score (nSPS) is 18.2. The number of amides is 2. The molecule has 1 aliphatic heterocycles. The lowest BCUT2D eigenvalue weighted by Gasteiger charge is -2.29. The lowest BCUT2D eigenvalue weighted by atomic mass is 10.1. The fraction of sp³-hybridized carbons (Fsp3) is 0.174. The van der Waals surface area contributed by atoms with Crippen LogP contribution in [0.2, 0.25) is 0 Å². The Morgan fingerprint density at radius 3 is 2.42 bits per heavy atom. The van der Waals surface area contributed by atoms with E-state index in [1.165, 1.54) is 49.8 Å². The van der Waals surface area contributed by atoms with Gasteiger partial charge < -0.3 is 14.5 Å². The molecule has 4 rings (SSSR count). The fourth-order valence-corrected chi connectivity index (χ4v) is 3.47. The SMILES string of the molecule is COc1ccccc1C(=O)N[C@]1(C(F)(F)F)N=C(c2ccccc2)N(Cc2ccco2)C1=O. The molecule has 1 N–H and O–H groups in total. The largest absolute Gasteiger partial charge is 0.496 e. The van der Waals surface area contributed by atoms with Gasteiger partial charge in [-0.2, -0.15) is 13.2 Å². The van der Waals surface area contributed by atoms with E-state index in [0.29, 0.717) is 0 Å². The lowest BCUT2D eigenvalue weighted by molar-refractivity contribution is -0.196. The summed E-state index contributed by atoms with van der Waals surface area (Å²) in [5.41, 5.74) is -3.42. The average Bonchev–Trinajstić information content (AvgIpc) is 3.42. The zero-order valence-electron chi connectivity index (χ0n) is 17.3. The van der Waals surface area contributed by atoms with Gasteiger partial charge in [-0.3, -0.25) is 14.5 Å². The summed E-state index contributed by atoms with van der Waals surface area (Å²) in [5.74, 6) is -2.55. The minimum Gasteiger partial charge on any atom is -0.496 e. The molecule has 2 amide bonds. The van der Waals surface area contributed by atoms with Crippen LogP contribution in [0.3, 0.4) is 0 Å². The van der Waals surface area contributed by atoms with Crippen molar-refractivity contribution in [3.63, 3.8) is 0 Å². The minimum atomic E-state index is -5.24. The van der Waals surface area contributed by atoms with Crippen LogP contribution < -0.4 is 10.1 Å². The monoisotopic (exact) mass is 457 g/mol. The summed E-state index contributed by atoms with van der Waals surface area (Å²) >= 11 is 0. The Bertz CT molecular complexity index is 1190. The average molecular weight is 457 g/mol. The van der Waals surface area contributed by atoms with Crippen molar-refractivity contribution in [2.24, 2.45) is 4.99 Å². The van der Waals surface area contributed by atoms with Crippen molar-refractivity contribution in [3.05, 3.63) is 89.9 Å². The van der Waals surface area contributed by atoms with Crippen molar-refractivity contribution in [3.8, 4) is 5.75 Å². The number of carbonyl (C=O) groups excluding carboxylic acids is 2. The number of para-hydroxylation sites is 1. The van der Waals surface area contributed by atoms with Crippen molar-refractivity contribution < 1.29 is 31.9 Å². The number of halogens is 3. The molecule has 0 saturated carbocycles. The summed E-state index contributed by atoms with van der Waals surface area (Å²) in [4.78, 5) is 30.8. The summed E-state index contributed by atoms with van der Waals surface area (Å²) in [5, 5.41) is 1.83. The molecule has 10 heteroatoms. The van der Waals surface area contributed by atoms with Crippen molar-refractivity contribution in [1.29, 1.82) is 0 Å². The number of nitrogens with zero attached hydrogens (tertiary/aromatic N) is 2. The number of nitrogens with one attached hydrogen (secondary N) is 1. The van der Waals surface area contributed by atoms with E-state index < -0.39 is 23.7 Å². The minimum absolute atomic E-state index is 0.0532. The van der Waals surface area contributed by atoms with Gasteiger partial charge in [0.25, 0.3) is 11.8 Å². The number of methoxy groups -OCH3 is 1. The Morgan fingerprint density at radius 1 is 1.09 bits per heavy atom. The van der Waals surface area contributed by atoms with Gasteiger partial charge in [-0.15, -0.1) is 0 Å². The number of carbonyl (C=O) groups is 2. The molecule has 170 valence electrons. The number of ether oxygens (including phenoxy) is 1. The Labute approximate surface area is 186 Å². The second kappa shape index (κ2) is 8.45. The summed E-state index contributed by atoms with van der Waals surface area (Å²) in [6.07, 6.45) is -3.89. The highest BCUT2D eigenvalue weighted by atomic mass is 19.4. The number of rotatable bonds is 6. The zero-order valence-corrected chi connectivity index (χ0v) is 17.3. The molecule has 0 fully saturated rings. The maximum atomic E-state index is 14.4. The second-order valence-corrected chi connectivity index (χ2v) is 7.13. The first kappa shape index (κ1) is 22.1. The van der Waals surface area contributed by atoms with E-state index in [1.54, 1.807) is 30.3 Å². The molecular formula is C23H18F3N3O4. The fourth-order valence-electron chi connectivity index (χ4n) is 3.47. The van der Waals surface area contributed by atoms with Gasteiger partial charge >= 0.3 is 11.8 Å². The maximum absolute atomic E-state index is 14.4. The van der Waals surface area contributed by atoms with E-state index in [-0.39, 0.29) is 35.0 Å². The highest BCUT2D eigenvalue weighted by molar-refractivity contribution is 6.16. The second-order valence-electron chi connectivity index (χ2n) is 7.13. The highest BCUT2D eigenvalue weighted by Gasteiger charge is 2.67. The predicted octanol–water partition coefficient (Wildman–Crippen LogP) is 3.77. The van der Waals surface area contributed by atoms with Crippen LogP contribution in [-0.4, -0.2) is 41.5 Å². The quantitative estimate of drug-likeness (QED) is 0.611. The number of furan rings is 1. The molecule has 1 aliphatic rings. The van der Waals surface area contributed by atoms with E-state index >= 15 is 0 Å². The van der Waals surface area contributed by atoms with Gasteiger partial charge in [0.2, 0.25) is 0 Å². The van der Waals surface area contributed by atoms with Gasteiger partial charge in [0, 0.05) is 5.56 Å². The van der Waals surface area contributed by atoms with Crippen molar-refractivity contribution in [1.82, 2.24) is 10.2 Å². The van der Waals surface area contributed by atoms with E-state index in [1.807, 2.05) is 5.32 Å². The van der Waals surface area contributed by atoms with E-state index in [0.717, 1.165) is 4.90 Å². The predicted molar refractivity (Wildman–Crippen MR) is 111 cm³/mol. The summed E-state index contributed by atoms with van der Waals surface area (Å²) in [6, 6.07) is 16.8. The third kappa shape index (κ3) is 3.95. The molecule has 1 aromatic heterocycles. The number of hydrogen-bond donors (Lipinski definition) is 1. The van der Waals surface area contributed by atoms with Gasteiger partial charge in [0.15, 0.2) is 0 Å². The molecule has 0 aliphatic carbocycles. The molecule has 3 aromatic rings. The topological polar surface area (TPSA) is 84.1 Å². The molecular weight excluding hydrogens is 439 g/mol. The Hall–Kier alpha value is -4.08. The third-order valence-electron chi connectivity index (χ3n) is 5.07. The Kier molecular flexibility index (Phi) is 5.67. The van der Waals surface area contributed by atoms with Crippen LogP contribution >= 0.6 is 0 Å². The number of benzene rings is 2. The number of alkyl halides is 3. The standard InChI is InChI=1S/C23H18F3N3O4/c1-32-18-12-6-5-11-17(18)20(30)28-22(23(24,25)26)21(31)29(14-16-10-7-13-33-16)19(27-22)15-8-3-2-4-9-15/h2-13H,14H2,1H3,(H,28,30)/t22-/m1/s1. The van der Waals surface area contributed by atoms with Crippen molar-refractivity contribution in [2.45, 2.75) is 18.4 Å². The van der Waals surface area contributed by atoms with Crippen molar-refractivity contribution >= 4 is 17.6 Å². The Morgan fingerprint density at radius 2 is 1.79 bits per heavy atom. The van der Waals surface area contributed by atoms with Crippen LogP contribution in [0.4, 0.5) is 13.2 Å². The van der Waals surface area contributed by atoms with Gasteiger partial charge in [-0.1, -0.05) is 42.5 Å². The van der Waals surface area contributed by atoms with Gasteiger partial charge in [0.1, 0.15) is 17.3 Å². The molecule has 0 radical (unpaired) electrons. The van der Waals surface area contributed by atoms with Crippen LogP contribution in [0.15, 0.2) is 82.4 Å². The van der Waals surface area contributed by atoms with Crippen LogP contribution in [0, 0.1) is 0 Å². The maximum Gasteiger partial charge on any atom is 0.442 e. The molecule has 0 unspecified atom stereocenters. The third-order valence-corrected chi connectivity index (χ3v) is 5.07. The summed E-state index contributed by atoms with van der Waals surface area (Å²) in [6.45, 7) is -0.304. The number of hydrogen-bond acceptors (Lipinski definition) is 5. The molecule has 2 heterocycles. The van der Waals surface area contributed by atoms with Crippen LogP contribution in [-0.2, 0) is 11.3 Å². The lowest BCUT2D eigenvalue weighted by Crippen LogP contribution is -2.63. The van der Waals surface area contributed by atoms with Crippen LogP contribution in [0.1, 0.15) is 21.7 Å². The number of aliphatic imine (C=N–C) groups is 1. The first-order valence-corrected chi connectivity index (χ1v) is 9.78. The van der Waals surface area contributed by atoms with Gasteiger partial charge in [-0.05, 0) is 24.3 Å². The van der Waals surface area contributed by atoms with Crippen LogP contribution in [0.5, 0.6) is 5.75 Å². The molecule has 7 nitrogen and oxygen atoms in total. The molecule has 0 bridgehead atoms. The highest BCUT2D eigenvalue weighted by Crippen LogP contribution is 2.39. The smallest absolute Gasteiger partial charge is 0.442 e. The number of amidine groups is 1. The summed E-state index contributed by atoms with van der Waals surface area (Å²) < 4.78 is 53.6. The molecule has 0 spiro atoms. The van der Waals surface area contributed by atoms with Gasteiger partial charge in [0.05, 0.1) is 25.5 Å². The Balaban J connectivity index is 1.81. The van der Waals surface area contributed by atoms with E-state index in [2.05, 4.69) is 4.99 Å². The first-order valence-electron chi connectivity index (χ1n) is 9.78. The van der Waals surface area contributed by atoms with Crippen LogP contribution in [0.25, 0.3) is 0 Å². The first-order chi connectivity index (χ1) is 15.8. The van der Waals surface area contributed by atoms with E-state index in [9.17, 15) is 22.8 Å². The molecule has 33 heavy (non-hydrogen) atoms. The molecule has 0 saturated heterocycles. The molecule has 2 aromatic carbocycles. The van der Waals surface area contributed by atoms with E-state index in [4.69, 9.17) is 9.15 Å². The van der Waals surface area contributed by atoms with Gasteiger partial charge in [-0.25, -0.2) is 4.99 Å². The summed E-state index contributed by atoms with van der Waals surface area (Å²) in [7, 11) is 1.28. The zero-order chi connectivity index (χ0) is 23.6. The van der Waals surface area contributed by atoms with Crippen molar-refractivity contribution in [2.75, 3.05) is 7.11 Å².